The van der Waals surface area contributed by atoms with Crippen LogP contribution >= 0.6 is 0 Å². The summed E-state index contributed by atoms with van der Waals surface area (Å²) in [5.41, 5.74) is 0. The summed E-state index contributed by atoms with van der Waals surface area (Å²) in [6.45, 7) is 3.74. The van der Waals surface area contributed by atoms with E-state index >= 15 is 0 Å². The van der Waals surface area contributed by atoms with Crippen LogP contribution in [-0.4, -0.2) is 142 Å². The maximum Gasteiger partial charge on any atom is 0.306 e. The van der Waals surface area contributed by atoms with E-state index < -0.39 is 80.7 Å². The van der Waals surface area contributed by atoms with Gasteiger partial charge in [-0.15, -0.1) is 0 Å². The Bertz CT molecular complexity index is 1510. The van der Waals surface area contributed by atoms with Gasteiger partial charge < -0.3 is 64.2 Å². The molecule has 7 N–H and O–H groups in total. The quantitative estimate of drug-likeness (QED) is 0.0171. The van der Waals surface area contributed by atoms with Crippen molar-refractivity contribution in [3.8, 4) is 0 Å². The SMILES string of the molecule is CCCCCCC/C=C\C/C=C\C/C=C\CCCCCCCCCCC(=O)OC(COCCCCCCCCCCCCCCCCCCCCCCCCCCCC)COC1OC(COC2OC(CO)C(O)C(O)C2O)C(O)C(O)C1O. The molecule has 2 aliphatic rings. The summed E-state index contributed by atoms with van der Waals surface area (Å²) >= 11 is 0. The van der Waals surface area contributed by atoms with Crippen LogP contribution < -0.4 is 0 Å². The molecule has 11 atom stereocenters. The zero-order chi connectivity index (χ0) is 60.1. The Morgan fingerprint density at radius 1 is 0.398 bits per heavy atom. The molecule has 2 aliphatic heterocycles. The molecule has 2 heterocycles. The second-order valence-corrected chi connectivity index (χ2v) is 24.4. The minimum atomic E-state index is -1.71. The third kappa shape index (κ3) is 41.1. The lowest BCUT2D eigenvalue weighted by atomic mass is 9.98. The molecule has 83 heavy (non-hydrogen) atoms. The molecule has 0 spiro atoms. The molecule has 2 rings (SSSR count). The minimum Gasteiger partial charge on any atom is -0.457 e. The van der Waals surface area contributed by atoms with Crippen LogP contribution in [0.1, 0.15) is 296 Å². The highest BCUT2D eigenvalue weighted by atomic mass is 16.7. The van der Waals surface area contributed by atoms with Gasteiger partial charge in [0.05, 0.1) is 26.4 Å². The molecule has 14 nitrogen and oxygen atoms in total. The van der Waals surface area contributed by atoms with Crippen molar-refractivity contribution in [3.05, 3.63) is 36.5 Å². The molecule has 0 aliphatic carbocycles. The van der Waals surface area contributed by atoms with Crippen LogP contribution in [0, 0.1) is 0 Å². The van der Waals surface area contributed by atoms with Gasteiger partial charge in [0, 0.05) is 13.0 Å². The maximum atomic E-state index is 13.1. The van der Waals surface area contributed by atoms with Gasteiger partial charge in [0.2, 0.25) is 0 Å². The van der Waals surface area contributed by atoms with E-state index in [9.17, 15) is 40.5 Å². The van der Waals surface area contributed by atoms with Crippen LogP contribution in [0.3, 0.4) is 0 Å². The second-order valence-electron chi connectivity index (χ2n) is 24.4. The van der Waals surface area contributed by atoms with Crippen molar-refractivity contribution in [2.75, 3.05) is 33.0 Å². The number of carbonyl (C=O) groups excluding carboxylic acids is 1. The van der Waals surface area contributed by atoms with Gasteiger partial charge in [0.15, 0.2) is 12.6 Å². The molecular formula is C69H128O14. The van der Waals surface area contributed by atoms with E-state index in [0.29, 0.717) is 13.0 Å². The highest BCUT2D eigenvalue weighted by molar-refractivity contribution is 5.69. The first-order chi connectivity index (χ1) is 40.6. The van der Waals surface area contributed by atoms with E-state index in [2.05, 4.69) is 50.3 Å². The highest BCUT2D eigenvalue weighted by Crippen LogP contribution is 2.27. The Morgan fingerprint density at radius 3 is 1.17 bits per heavy atom. The van der Waals surface area contributed by atoms with Crippen LogP contribution in [-0.2, 0) is 33.2 Å². The standard InChI is InChI=1S/C69H128O14/c1-3-5-7-9-11-13-15-17-19-21-23-25-27-28-29-31-33-35-37-39-41-43-45-47-49-51-53-78-55-58(56-79-68-67(77)65(75)63(73)60(83-68)57-80-69-66(76)64(74)62(72)59(54-70)82-69)81-61(71)52-50-48-46-44-42-40-38-36-34-32-30-26-24-22-20-18-16-14-12-10-8-6-4-2/h16,18,22,24,30,32,58-60,62-70,72-77H,3-15,17,19-21,23,25-29,31,33-57H2,1-2H3/b18-16-,24-22-,32-30-. The molecule has 488 valence electrons. The molecule has 14 heteroatoms. The summed E-state index contributed by atoms with van der Waals surface area (Å²) in [5, 5.41) is 72.6. The lowest BCUT2D eigenvalue weighted by molar-refractivity contribution is -0.332. The predicted octanol–water partition coefficient (Wildman–Crippen LogP) is 14.4. The van der Waals surface area contributed by atoms with Gasteiger partial charge in [-0.25, -0.2) is 0 Å². The molecule has 0 radical (unpaired) electrons. The van der Waals surface area contributed by atoms with E-state index in [1.807, 2.05) is 0 Å². The monoisotopic (exact) mass is 1180 g/mol. The molecule has 0 amide bonds. The molecule has 2 saturated heterocycles. The molecule has 0 aromatic carbocycles. The first-order valence-corrected chi connectivity index (χ1v) is 34.6. The van der Waals surface area contributed by atoms with Gasteiger partial charge in [-0.05, 0) is 51.4 Å². The van der Waals surface area contributed by atoms with Crippen LogP contribution in [0.2, 0.25) is 0 Å². The zero-order valence-corrected chi connectivity index (χ0v) is 53.0. The Kier molecular flexibility index (Phi) is 51.7. The van der Waals surface area contributed by atoms with E-state index in [0.717, 1.165) is 57.8 Å². The van der Waals surface area contributed by atoms with Gasteiger partial charge in [0.25, 0.3) is 0 Å². The smallest absolute Gasteiger partial charge is 0.306 e. The first-order valence-electron chi connectivity index (χ1n) is 34.6. The first kappa shape index (κ1) is 77.3. The summed E-state index contributed by atoms with van der Waals surface area (Å²) in [4.78, 5) is 13.1. The molecule has 2 fully saturated rings. The molecular weight excluding hydrogens is 1050 g/mol. The van der Waals surface area contributed by atoms with Gasteiger partial charge >= 0.3 is 5.97 Å². The second kappa shape index (κ2) is 55.5. The molecule has 0 aromatic rings. The summed E-state index contributed by atoms with van der Waals surface area (Å²) in [5.74, 6) is -0.377. The predicted molar refractivity (Wildman–Crippen MR) is 335 cm³/mol. The number of aliphatic hydroxyl groups is 7. The van der Waals surface area contributed by atoms with E-state index in [1.54, 1.807) is 0 Å². The Hall–Kier alpha value is -1.79. The Balaban J connectivity index is 1.64. The number of unbranched alkanes of at least 4 members (excludes halogenated alkanes) is 38. The Morgan fingerprint density at radius 2 is 0.747 bits per heavy atom. The zero-order valence-electron chi connectivity index (χ0n) is 53.0. The fourth-order valence-corrected chi connectivity index (χ4v) is 11.1. The fourth-order valence-electron chi connectivity index (χ4n) is 11.1. The van der Waals surface area contributed by atoms with Gasteiger partial charge in [0.1, 0.15) is 54.9 Å². The van der Waals surface area contributed by atoms with Crippen LogP contribution in [0.15, 0.2) is 36.5 Å². The average molecular weight is 1180 g/mol. The number of aliphatic hydroxyl groups excluding tert-OH is 7. The maximum absolute atomic E-state index is 13.1. The molecule has 0 saturated carbocycles. The number of allylic oxidation sites excluding steroid dienone is 6. The minimum absolute atomic E-state index is 0.0624. The van der Waals surface area contributed by atoms with E-state index in [1.165, 1.54) is 212 Å². The number of rotatable bonds is 58. The topological polar surface area (TPSA) is 214 Å². The van der Waals surface area contributed by atoms with Crippen molar-refractivity contribution in [2.24, 2.45) is 0 Å². The highest BCUT2D eigenvalue weighted by Gasteiger charge is 2.47. The van der Waals surface area contributed by atoms with Crippen molar-refractivity contribution < 1.29 is 69.0 Å². The van der Waals surface area contributed by atoms with Gasteiger partial charge in [-0.2, -0.15) is 0 Å². The van der Waals surface area contributed by atoms with E-state index in [-0.39, 0.29) is 25.6 Å². The van der Waals surface area contributed by atoms with Crippen LogP contribution in [0.25, 0.3) is 0 Å². The third-order valence-electron chi connectivity index (χ3n) is 16.7. The van der Waals surface area contributed by atoms with Gasteiger partial charge in [-0.3, -0.25) is 4.79 Å². The Labute approximate surface area is 506 Å². The third-order valence-corrected chi connectivity index (χ3v) is 16.7. The normalized spacial score (nSPS) is 23.6. The van der Waals surface area contributed by atoms with Gasteiger partial charge in [-0.1, -0.05) is 275 Å². The summed E-state index contributed by atoms with van der Waals surface area (Å²) in [6, 6.07) is 0. The fraction of sp³-hybridized carbons (Fsp3) is 0.899. The average Bonchev–Trinajstić information content (AvgIpc) is 3.49. The molecule has 0 aromatic heterocycles. The molecule has 11 unspecified atom stereocenters. The lowest BCUT2D eigenvalue weighted by Gasteiger charge is -2.42. The number of carbonyl (C=O) groups is 1. The van der Waals surface area contributed by atoms with Crippen molar-refractivity contribution in [1.29, 1.82) is 0 Å². The van der Waals surface area contributed by atoms with Crippen LogP contribution in [0.5, 0.6) is 0 Å². The number of esters is 1. The number of hydrogen-bond acceptors (Lipinski definition) is 14. The number of ether oxygens (including phenoxy) is 6. The lowest BCUT2D eigenvalue weighted by Crippen LogP contribution is -2.61. The summed E-state index contributed by atoms with van der Waals surface area (Å²) in [7, 11) is 0. The summed E-state index contributed by atoms with van der Waals surface area (Å²) in [6.07, 6.45) is 52.2. The number of hydrogen-bond donors (Lipinski definition) is 7. The van der Waals surface area contributed by atoms with E-state index in [4.69, 9.17) is 28.4 Å². The van der Waals surface area contributed by atoms with Crippen molar-refractivity contribution >= 4 is 5.97 Å². The molecule has 0 bridgehead atoms. The largest absolute Gasteiger partial charge is 0.457 e. The van der Waals surface area contributed by atoms with Crippen molar-refractivity contribution in [2.45, 2.75) is 364 Å². The summed E-state index contributed by atoms with van der Waals surface area (Å²) < 4.78 is 34.5. The van der Waals surface area contributed by atoms with Crippen LogP contribution in [0.4, 0.5) is 0 Å². The van der Waals surface area contributed by atoms with Crippen molar-refractivity contribution in [3.63, 3.8) is 0 Å². The van der Waals surface area contributed by atoms with Crippen molar-refractivity contribution in [1.82, 2.24) is 0 Å².